The average Bonchev–Trinajstić information content (AvgIpc) is 3.08. The summed E-state index contributed by atoms with van der Waals surface area (Å²) in [5, 5.41) is 8.68. The number of hydrogen-bond donors (Lipinski definition) is 1. The van der Waals surface area contributed by atoms with Gasteiger partial charge in [-0.25, -0.2) is 4.79 Å². The molecule has 0 unspecified atom stereocenters. The largest absolute Gasteiger partial charge is 0.478 e. The van der Waals surface area contributed by atoms with Crippen molar-refractivity contribution in [2.24, 2.45) is 0 Å². The van der Waals surface area contributed by atoms with Crippen LogP contribution in [-0.4, -0.2) is 11.1 Å². The Bertz CT molecular complexity index is 886. The Kier molecular flexibility index (Phi) is 4.73. The predicted molar refractivity (Wildman–Crippen MR) is 96.2 cm³/mol. The molecule has 1 heterocycles. The molecule has 0 atom stereocenters. The van der Waals surface area contributed by atoms with Crippen LogP contribution in [0.5, 0.6) is 0 Å². The molecule has 0 bridgehead atoms. The van der Waals surface area contributed by atoms with Gasteiger partial charge in [0.1, 0.15) is 11.5 Å². The minimum absolute atomic E-state index is 0.764. The maximum atomic E-state index is 10.6. The van der Waals surface area contributed by atoms with E-state index in [0.29, 0.717) is 0 Å². The average molecular weight is 316 g/mol. The van der Waals surface area contributed by atoms with Gasteiger partial charge in [0.2, 0.25) is 0 Å². The van der Waals surface area contributed by atoms with Gasteiger partial charge >= 0.3 is 5.97 Å². The standard InChI is InChI=1S/C21H16O3/c22-21(23)14-10-17-6-4-5-16(15-17)9-11-19-12-13-20(24-19)18-7-2-1-3-8-18/h1-15H,(H,22,23). The Morgan fingerprint density at radius 1 is 0.833 bits per heavy atom. The fourth-order valence-electron chi connectivity index (χ4n) is 2.31. The van der Waals surface area contributed by atoms with Crippen molar-refractivity contribution < 1.29 is 14.3 Å². The zero-order chi connectivity index (χ0) is 16.8. The van der Waals surface area contributed by atoms with Crippen LogP contribution < -0.4 is 0 Å². The smallest absolute Gasteiger partial charge is 0.328 e. The molecule has 0 aliphatic heterocycles. The van der Waals surface area contributed by atoms with Crippen LogP contribution in [0.1, 0.15) is 16.9 Å². The van der Waals surface area contributed by atoms with Crippen LogP contribution in [0.2, 0.25) is 0 Å². The number of carboxylic acid groups (broad SMARTS) is 1. The Hall–Kier alpha value is -3.33. The second-order valence-corrected chi connectivity index (χ2v) is 5.24. The van der Waals surface area contributed by atoms with Gasteiger partial charge in [-0.3, -0.25) is 0 Å². The highest BCUT2D eigenvalue weighted by atomic mass is 16.4. The van der Waals surface area contributed by atoms with E-state index in [4.69, 9.17) is 9.52 Å². The molecule has 0 aliphatic rings. The number of furan rings is 1. The van der Waals surface area contributed by atoms with Crippen molar-refractivity contribution in [3.8, 4) is 11.3 Å². The van der Waals surface area contributed by atoms with E-state index in [2.05, 4.69) is 0 Å². The Labute approximate surface area is 140 Å². The monoisotopic (exact) mass is 316 g/mol. The summed E-state index contributed by atoms with van der Waals surface area (Å²) in [5.41, 5.74) is 2.85. The number of carboxylic acids is 1. The van der Waals surface area contributed by atoms with Crippen LogP contribution >= 0.6 is 0 Å². The third kappa shape index (κ3) is 4.11. The van der Waals surface area contributed by atoms with Crippen molar-refractivity contribution in [1.29, 1.82) is 0 Å². The van der Waals surface area contributed by atoms with Gasteiger partial charge in [0.25, 0.3) is 0 Å². The van der Waals surface area contributed by atoms with E-state index >= 15 is 0 Å². The first kappa shape index (κ1) is 15.6. The highest BCUT2D eigenvalue weighted by Crippen LogP contribution is 2.23. The van der Waals surface area contributed by atoms with E-state index < -0.39 is 5.97 Å². The molecule has 118 valence electrons. The third-order valence-corrected chi connectivity index (χ3v) is 3.45. The zero-order valence-electron chi connectivity index (χ0n) is 12.9. The lowest BCUT2D eigenvalue weighted by Crippen LogP contribution is -1.85. The van der Waals surface area contributed by atoms with Crippen molar-refractivity contribution in [2.75, 3.05) is 0 Å². The Morgan fingerprint density at radius 3 is 2.33 bits per heavy atom. The second-order valence-electron chi connectivity index (χ2n) is 5.24. The van der Waals surface area contributed by atoms with E-state index in [1.807, 2.05) is 78.9 Å². The lowest BCUT2D eigenvalue weighted by Gasteiger charge is -1.97. The summed E-state index contributed by atoms with van der Waals surface area (Å²) >= 11 is 0. The Balaban J connectivity index is 1.76. The highest BCUT2D eigenvalue weighted by molar-refractivity contribution is 5.85. The number of hydrogen-bond acceptors (Lipinski definition) is 2. The number of carbonyl (C=O) groups is 1. The van der Waals surface area contributed by atoms with Gasteiger partial charge < -0.3 is 9.52 Å². The molecule has 0 spiro atoms. The van der Waals surface area contributed by atoms with Crippen molar-refractivity contribution in [2.45, 2.75) is 0 Å². The first-order chi connectivity index (χ1) is 11.7. The van der Waals surface area contributed by atoms with Crippen LogP contribution in [0, 0.1) is 0 Å². The molecule has 3 nitrogen and oxygen atoms in total. The minimum atomic E-state index is -0.958. The molecule has 0 amide bonds. The summed E-state index contributed by atoms with van der Waals surface area (Å²) in [6.45, 7) is 0. The summed E-state index contributed by atoms with van der Waals surface area (Å²) in [7, 11) is 0. The molecule has 0 saturated heterocycles. The maximum Gasteiger partial charge on any atom is 0.328 e. The molecule has 3 heteroatoms. The molecule has 0 fully saturated rings. The van der Waals surface area contributed by atoms with Gasteiger partial charge in [-0.15, -0.1) is 0 Å². The van der Waals surface area contributed by atoms with Crippen LogP contribution in [0.3, 0.4) is 0 Å². The molecule has 3 aromatic rings. The SMILES string of the molecule is O=C(O)C=Cc1cccc(C=Cc2ccc(-c3ccccc3)o2)c1. The summed E-state index contributed by atoms with van der Waals surface area (Å²) < 4.78 is 5.82. The van der Waals surface area contributed by atoms with Crippen molar-refractivity contribution in [3.05, 3.63) is 89.7 Å². The van der Waals surface area contributed by atoms with E-state index in [1.54, 1.807) is 6.08 Å². The van der Waals surface area contributed by atoms with Crippen LogP contribution in [-0.2, 0) is 4.79 Å². The molecular formula is C21H16O3. The number of aliphatic carboxylic acids is 1. The second kappa shape index (κ2) is 7.29. The number of rotatable bonds is 5. The van der Waals surface area contributed by atoms with Gasteiger partial charge in [0.15, 0.2) is 0 Å². The quantitative estimate of drug-likeness (QED) is 0.657. The maximum absolute atomic E-state index is 10.6. The van der Waals surface area contributed by atoms with Gasteiger partial charge in [-0.2, -0.15) is 0 Å². The molecule has 0 aliphatic carbocycles. The summed E-state index contributed by atoms with van der Waals surface area (Å²) in [6.07, 6.45) is 6.53. The van der Waals surface area contributed by atoms with Gasteiger partial charge in [0.05, 0.1) is 0 Å². The molecule has 1 N–H and O–H groups in total. The fourth-order valence-corrected chi connectivity index (χ4v) is 2.31. The van der Waals surface area contributed by atoms with E-state index in [9.17, 15) is 4.79 Å². The lowest BCUT2D eigenvalue weighted by atomic mass is 10.1. The lowest BCUT2D eigenvalue weighted by molar-refractivity contribution is -0.131. The molecule has 0 saturated carbocycles. The van der Waals surface area contributed by atoms with Crippen LogP contribution in [0.4, 0.5) is 0 Å². The summed E-state index contributed by atoms with van der Waals surface area (Å²) in [6, 6.07) is 21.4. The van der Waals surface area contributed by atoms with Crippen molar-refractivity contribution in [1.82, 2.24) is 0 Å². The summed E-state index contributed by atoms with van der Waals surface area (Å²) in [4.78, 5) is 10.6. The van der Waals surface area contributed by atoms with E-state index in [0.717, 1.165) is 34.3 Å². The third-order valence-electron chi connectivity index (χ3n) is 3.45. The minimum Gasteiger partial charge on any atom is -0.478 e. The zero-order valence-corrected chi connectivity index (χ0v) is 12.9. The molecule has 0 radical (unpaired) electrons. The molecule has 2 aromatic carbocycles. The van der Waals surface area contributed by atoms with Gasteiger partial charge in [-0.05, 0) is 41.5 Å². The van der Waals surface area contributed by atoms with Gasteiger partial charge in [0, 0.05) is 11.6 Å². The number of benzene rings is 2. The molecule has 1 aromatic heterocycles. The highest BCUT2D eigenvalue weighted by Gasteiger charge is 2.01. The van der Waals surface area contributed by atoms with Crippen LogP contribution in [0.15, 0.2) is 77.2 Å². The van der Waals surface area contributed by atoms with Crippen LogP contribution in [0.25, 0.3) is 29.6 Å². The summed E-state index contributed by atoms with van der Waals surface area (Å²) in [5.74, 6) is 0.633. The van der Waals surface area contributed by atoms with Crippen molar-refractivity contribution >= 4 is 24.2 Å². The normalized spacial score (nSPS) is 11.3. The van der Waals surface area contributed by atoms with E-state index in [-0.39, 0.29) is 0 Å². The molecular weight excluding hydrogens is 300 g/mol. The molecule has 24 heavy (non-hydrogen) atoms. The Morgan fingerprint density at radius 2 is 1.58 bits per heavy atom. The molecule has 3 rings (SSSR count). The fraction of sp³-hybridized carbons (Fsp3) is 0. The first-order valence-corrected chi connectivity index (χ1v) is 7.55. The van der Waals surface area contributed by atoms with Gasteiger partial charge in [-0.1, -0.05) is 54.6 Å². The first-order valence-electron chi connectivity index (χ1n) is 7.55. The topological polar surface area (TPSA) is 50.4 Å². The predicted octanol–water partition coefficient (Wildman–Crippen LogP) is 5.21. The van der Waals surface area contributed by atoms with E-state index in [1.165, 1.54) is 0 Å². The van der Waals surface area contributed by atoms with Crippen molar-refractivity contribution in [3.63, 3.8) is 0 Å².